The van der Waals surface area contributed by atoms with E-state index in [2.05, 4.69) is 22.0 Å². The molecule has 21 nitrogen and oxygen atoms in total. The van der Waals surface area contributed by atoms with Gasteiger partial charge in [-0.2, -0.15) is 0 Å². The Morgan fingerprint density at radius 2 is 1.04 bits per heavy atom. The van der Waals surface area contributed by atoms with Crippen LogP contribution in [0, 0.1) is 0 Å². The van der Waals surface area contributed by atoms with Crippen molar-refractivity contribution >= 4 is 53.4 Å². The minimum Gasteiger partial charge on any atom is -0.726 e. The molecule has 2 aromatic carbocycles. The summed E-state index contributed by atoms with van der Waals surface area (Å²) in [6.45, 7) is -1.52. The smallest absolute Gasteiger partial charge is 0.726 e. The van der Waals surface area contributed by atoms with Crippen molar-refractivity contribution in [3.63, 3.8) is 0 Å². The van der Waals surface area contributed by atoms with E-state index in [4.69, 9.17) is 4.74 Å². The molecule has 51 heavy (non-hydrogen) atoms. The van der Waals surface area contributed by atoms with E-state index in [1.54, 1.807) is 36.4 Å². The van der Waals surface area contributed by atoms with E-state index in [-0.39, 0.29) is 130 Å². The van der Waals surface area contributed by atoms with Gasteiger partial charge in [-0.25, -0.2) is 37.9 Å². The van der Waals surface area contributed by atoms with E-state index in [9.17, 15) is 61.5 Å². The molecule has 0 spiro atoms. The molecule has 0 aromatic heterocycles. The van der Waals surface area contributed by atoms with Crippen molar-refractivity contribution in [1.29, 1.82) is 0 Å². The van der Waals surface area contributed by atoms with Gasteiger partial charge in [-0.1, -0.05) is 60.7 Å². The molecule has 1 saturated heterocycles. The molecule has 1 N–H and O–H groups in total. The van der Waals surface area contributed by atoms with Gasteiger partial charge in [0, 0.05) is 13.1 Å². The SMILES string of the molecule is O=C(CN(Cc1ccccc1)C(=O)C1OC(OS(=O)(=O)[O-])C(OS(=O)(=O)[O-])C(OS(=O)(=O)[O-])C1OS(=O)(=O)[O-])NCc1ccccc1.[Na+].[Na+].[Na+].[Na+]. The summed E-state index contributed by atoms with van der Waals surface area (Å²) in [5, 5.41) is 2.47. The molecule has 1 fully saturated rings. The third kappa shape index (κ3) is 20.0. The summed E-state index contributed by atoms with van der Waals surface area (Å²) in [6.07, 6.45) is -15.5. The largest absolute Gasteiger partial charge is 1.00 e. The average Bonchev–Trinajstić information content (AvgIpc) is 2.92. The second-order valence-corrected chi connectivity index (χ2v) is 13.3. The van der Waals surface area contributed by atoms with Crippen molar-refractivity contribution in [1.82, 2.24) is 10.2 Å². The topological polar surface area (TPSA) is 324 Å². The predicted molar refractivity (Wildman–Crippen MR) is 143 cm³/mol. The number of amides is 2. The van der Waals surface area contributed by atoms with Crippen LogP contribution in [0.5, 0.6) is 0 Å². The number of carbonyl (C=O) groups is 2. The standard InChI is InChI=1S/C22H26N2O19S4.4Na/c25-16(23-11-14-7-3-1-4-8-14)13-24(12-15-9-5-2-6-10-15)21(26)19-17(40-44(27,28)29)18(41-45(30,31)32)20(42-46(33,34)35)22(39-19)43-47(36,37)38;;;;/h1-10,17-20,22H,11-13H2,(H,23,25)(H,27,28,29)(H,30,31,32)(H,33,34,35)(H,36,37,38);;;;/q;4*+1/p-4. The van der Waals surface area contributed by atoms with Crippen LogP contribution < -0.4 is 124 Å². The average molecular weight is 839 g/mol. The van der Waals surface area contributed by atoms with Crippen LogP contribution in [0.2, 0.25) is 0 Å². The molecular weight excluding hydrogens is 816 g/mol. The Balaban J connectivity index is 0. The van der Waals surface area contributed by atoms with Gasteiger partial charge in [-0.05, 0) is 11.1 Å². The van der Waals surface area contributed by atoms with Crippen LogP contribution in [-0.4, -0.2) is 106 Å². The number of hydrogen-bond donors (Lipinski definition) is 1. The fourth-order valence-corrected chi connectivity index (χ4v) is 5.98. The van der Waals surface area contributed by atoms with Crippen LogP contribution in [0.25, 0.3) is 0 Å². The Bertz CT molecular complexity index is 1860. The zero-order chi connectivity index (χ0) is 35.2. The maximum absolute atomic E-state index is 13.9. The molecule has 5 unspecified atom stereocenters. The van der Waals surface area contributed by atoms with E-state index in [1.165, 1.54) is 24.3 Å². The van der Waals surface area contributed by atoms with E-state index >= 15 is 0 Å². The Morgan fingerprint density at radius 1 is 0.627 bits per heavy atom. The Morgan fingerprint density at radius 3 is 1.49 bits per heavy atom. The Kier molecular flexibility index (Phi) is 24.5. The molecule has 1 aliphatic heterocycles. The van der Waals surface area contributed by atoms with Crippen LogP contribution in [0.3, 0.4) is 0 Å². The molecule has 0 saturated carbocycles. The molecule has 0 bridgehead atoms. The first-order chi connectivity index (χ1) is 21.6. The molecule has 262 valence electrons. The number of benzene rings is 2. The maximum Gasteiger partial charge on any atom is 1.00 e. The van der Waals surface area contributed by atoms with Crippen LogP contribution in [0.4, 0.5) is 0 Å². The van der Waals surface area contributed by atoms with E-state index in [1.807, 2.05) is 0 Å². The summed E-state index contributed by atoms with van der Waals surface area (Å²) >= 11 is 0. The van der Waals surface area contributed by atoms with Gasteiger partial charge < -0.3 is 33.2 Å². The second kappa shape index (κ2) is 23.1. The van der Waals surface area contributed by atoms with Gasteiger partial charge in [0.05, 0.1) is 6.54 Å². The predicted octanol–water partition coefficient (Wildman–Crippen LogP) is -14.9. The van der Waals surface area contributed by atoms with Gasteiger partial charge in [0.15, 0.2) is 12.2 Å². The van der Waals surface area contributed by atoms with Crippen LogP contribution >= 0.6 is 0 Å². The van der Waals surface area contributed by atoms with Crippen molar-refractivity contribution in [2.45, 2.75) is 43.8 Å². The monoisotopic (exact) mass is 838 g/mol. The normalized spacial score (nSPS) is 20.6. The summed E-state index contributed by atoms with van der Waals surface area (Å²) < 4.78 is 159. The van der Waals surface area contributed by atoms with E-state index < -0.39 is 97.2 Å². The first-order valence-corrected chi connectivity index (χ1v) is 17.8. The minimum atomic E-state index is -6.17. The molecule has 5 atom stereocenters. The number of rotatable bonds is 15. The van der Waals surface area contributed by atoms with Crippen LogP contribution in [-0.2, 0) is 85.7 Å². The van der Waals surface area contributed by atoms with Crippen LogP contribution in [0.15, 0.2) is 60.7 Å². The molecule has 3 rings (SSSR count). The summed E-state index contributed by atoms with van der Waals surface area (Å²) in [6, 6.07) is 15.7. The molecular formula is C22H22N2Na4O19S4. The molecule has 1 aliphatic rings. The number of ether oxygens (including phenoxy) is 1. The Labute approximate surface area is 381 Å². The van der Waals surface area contributed by atoms with Gasteiger partial charge in [-0.15, -0.1) is 0 Å². The van der Waals surface area contributed by atoms with Gasteiger partial charge in [-0.3, -0.25) is 22.1 Å². The van der Waals surface area contributed by atoms with Crippen molar-refractivity contribution in [3.05, 3.63) is 71.8 Å². The third-order valence-electron chi connectivity index (χ3n) is 5.83. The first-order valence-electron chi connectivity index (χ1n) is 12.5. The zero-order valence-corrected chi connectivity index (χ0v) is 38.4. The summed E-state index contributed by atoms with van der Waals surface area (Å²) in [5.74, 6) is -2.51. The molecule has 2 aromatic rings. The maximum atomic E-state index is 13.9. The zero-order valence-electron chi connectivity index (χ0n) is 27.1. The fourth-order valence-electron chi connectivity index (χ4n) is 4.15. The number of nitrogens with one attached hydrogen (secondary N) is 1. The van der Waals surface area contributed by atoms with E-state index in [0.717, 1.165) is 0 Å². The minimum absolute atomic E-state index is 0. The van der Waals surface area contributed by atoms with Crippen molar-refractivity contribution in [2.75, 3.05) is 6.54 Å². The quantitative estimate of drug-likeness (QED) is 0.0988. The first kappa shape index (κ1) is 53.9. The number of carbonyl (C=O) groups excluding carboxylic acids is 2. The summed E-state index contributed by atoms with van der Waals surface area (Å²) in [5.41, 5.74) is 0.897. The summed E-state index contributed by atoms with van der Waals surface area (Å²) in [7, 11) is -24.4. The molecule has 29 heteroatoms. The molecule has 2 amide bonds. The van der Waals surface area contributed by atoms with Gasteiger partial charge in [0.2, 0.25) is 53.8 Å². The van der Waals surface area contributed by atoms with Gasteiger partial charge in [0.1, 0.15) is 12.2 Å². The number of nitrogens with zero attached hydrogens (tertiary/aromatic N) is 1. The van der Waals surface area contributed by atoms with Crippen LogP contribution in [0.1, 0.15) is 11.1 Å². The fraction of sp³-hybridized carbons (Fsp3) is 0.364. The molecule has 1 heterocycles. The third-order valence-corrected chi connectivity index (χ3v) is 7.63. The van der Waals surface area contributed by atoms with Crippen molar-refractivity contribution < 1.29 is 201 Å². The van der Waals surface area contributed by atoms with Gasteiger partial charge >= 0.3 is 118 Å². The second-order valence-electron chi connectivity index (χ2n) is 9.28. The Hall–Kier alpha value is 0.820. The van der Waals surface area contributed by atoms with Crippen molar-refractivity contribution in [2.24, 2.45) is 0 Å². The number of hydrogen-bond acceptors (Lipinski definition) is 19. The summed E-state index contributed by atoms with van der Waals surface area (Å²) in [4.78, 5) is 27.4. The molecule has 0 aliphatic carbocycles. The van der Waals surface area contributed by atoms with Crippen molar-refractivity contribution in [3.8, 4) is 0 Å². The molecule has 0 radical (unpaired) electrons. The van der Waals surface area contributed by atoms with E-state index in [0.29, 0.717) is 10.5 Å². The van der Waals surface area contributed by atoms with Gasteiger partial charge in [0.25, 0.3) is 5.91 Å².